The lowest BCUT2D eigenvalue weighted by molar-refractivity contribution is 0.193. The maximum Gasteiger partial charge on any atom is 0.0670 e. The van der Waals surface area contributed by atoms with Crippen molar-refractivity contribution in [2.24, 2.45) is 0 Å². The van der Waals surface area contributed by atoms with Gasteiger partial charge in [-0.2, -0.15) is 0 Å². The Labute approximate surface area is 118 Å². The molecule has 1 atom stereocenters. The molecule has 1 fully saturated rings. The van der Waals surface area contributed by atoms with E-state index in [0.29, 0.717) is 6.04 Å². The van der Waals surface area contributed by atoms with Gasteiger partial charge >= 0.3 is 0 Å². The highest BCUT2D eigenvalue weighted by atomic mass is 79.9. The lowest BCUT2D eigenvalue weighted by Crippen LogP contribution is -2.33. The Morgan fingerprint density at radius 1 is 1.50 bits per heavy atom. The third-order valence-corrected chi connectivity index (χ3v) is 3.93. The summed E-state index contributed by atoms with van der Waals surface area (Å²) < 4.78 is 6.61. The first-order chi connectivity index (χ1) is 8.72. The lowest BCUT2D eigenvalue weighted by atomic mass is 10.1. The maximum absolute atomic E-state index is 5.48. The van der Waals surface area contributed by atoms with Gasteiger partial charge in [0.1, 0.15) is 0 Å². The van der Waals surface area contributed by atoms with Crippen LogP contribution >= 0.6 is 15.9 Å². The second-order valence-electron chi connectivity index (χ2n) is 4.68. The molecule has 4 heteroatoms. The molecule has 18 heavy (non-hydrogen) atoms. The Morgan fingerprint density at radius 3 is 3.00 bits per heavy atom. The van der Waals surface area contributed by atoms with Crippen molar-refractivity contribution in [3.05, 3.63) is 28.2 Å². The van der Waals surface area contributed by atoms with E-state index in [4.69, 9.17) is 4.74 Å². The van der Waals surface area contributed by atoms with Gasteiger partial charge in [-0.05, 0) is 36.7 Å². The smallest absolute Gasteiger partial charge is 0.0670 e. The number of benzene rings is 1. The Hall–Kier alpha value is -0.580. The third-order valence-electron chi connectivity index (χ3n) is 3.44. The topological polar surface area (TPSA) is 24.5 Å². The number of nitrogens with zero attached hydrogens (tertiary/aromatic N) is 1. The van der Waals surface area contributed by atoms with Crippen LogP contribution in [0.2, 0.25) is 0 Å². The van der Waals surface area contributed by atoms with Crippen molar-refractivity contribution in [3.8, 4) is 0 Å². The molecule has 1 aromatic rings. The molecular formula is C14H21BrN2O. The molecule has 0 aliphatic carbocycles. The van der Waals surface area contributed by atoms with Crippen LogP contribution in [0.3, 0.4) is 0 Å². The molecule has 1 aliphatic rings. The summed E-state index contributed by atoms with van der Waals surface area (Å²) in [5, 5.41) is 3.40. The molecule has 0 aromatic heterocycles. The molecular weight excluding hydrogens is 292 g/mol. The summed E-state index contributed by atoms with van der Waals surface area (Å²) in [7, 11) is 2.16. The molecule has 1 saturated heterocycles. The first-order valence-electron chi connectivity index (χ1n) is 6.52. The van der Waals surface area contributed by atoms with Crippen molar-refractivity contribution in [2.75, 3.05) is 31.7 Å². The number of likely N-dealkylation sites (N-methyl/N-ethyl adjacent to an activating group) is 1. The summed E-state index contributed by atoms with van der Waals surface area (Å²) in [4.78, 5) is 2.35. The van der Waals surface area contributed by atoms with E-state index >= 15 is 0 Å². The zero-order valence-corrected chi connectivity index (χ0v) is 12.7. The van der Waals surface area contributed by atoms with Gasteiger partial charge in [0, 0.05) is 30.4 Å². The fraction of sp³-hybridized carbons (Fsp3) is 0.571. The monoisotopic (exact) mass is 312 g/mol. The Kier molecular flexibility index (Phi) is 5.03. The van der Waals surface area contributed by atoms with Gasteiger partial charge in [-0.25, -0.2) is 0 Å². The van der Waals surface area contributed by atoms with Gasteiger partial charge in [0.25, 0.3) is 0 Å². The molecule has 100 valence electrons. The van der Waals surface area contributed by atoms with Gasteiger partial charge in [-0.3, -0.25) is 0 Å². The third kappa shape index (κ3) is 3.25. The van der Waals surface area contributed by atoms with Gasteiger partial charge in [0.05, 0.1) is 12.6 Å². The second kappa shape index (κ2) is 6.55. The van der Waals surface area contributed by atoms with Crippen LogP contribution in [0.5, 0.6) is 0 Å². The number of ether oxygens (including phenoxy) is 1. The largest absolute Gasteiger partial charge is 0.379 e. The van der Waals surface area contributed by atoms with E-state index in [-0.39, 0.29) is 0 Å². The van der Waals surface area contributed by atoms with E-state index in [1.807, 2.05) is 0 Å². The molecule has 2 rings (SSSR count). The minimum Gasteiger partial charge on any atom is -0.379 e. The molecule has 0 saturated carbocycles. The first-order valence-corrected chi connectivity index (χ1v) is 7.31. The fourth-order valence-corrected chi connectivity index (χ4v) is 2.73. The van der Waals surface area contributed by atoms with E-state index in [1.54, 1.807) is 0 Å². The van der Waals surface area contributed by atoms with Crippen molar-refractivity contribution in [2.45, 2.75) is 25.9 Å². The van der Waals surface area contributed by atoms with Crippen LogP contribution in [0.25, 0.3) is 0 Å². The van der Waals surface area contributed by atoms with E-state index < -0.39 is 0 Å². The average molecular weight is 313 g/mol. The summed E-state index contributed by atoms with van der Waals surface area (Å²) >= 11 is 3.55. The Morgan fingerprint density at radius 2 is 2.33 bits per heavy atom. The van der Waals surface area contributed by atoms with Crippen LogP contribution in [-0.2, 0) is 11.3 Å². The fourth-order valence-electron chi connectivity index (χ4n) is 2.32. The van der Waals surface area contributed by atoms with Crippen molar-refractivity contribution >= 4 is 21.6 Å². The van der Waals surface area contributed by atoms with Crippen LogP contribution in [-0.4, -0.2) is 32.8 Å². The van der Waals surface area contributed by atoms with Gasteiger partial charge < -0.3 is 15.0 Å². The molecule has 1 aliphatic heterocycles. The SMILES string of the molecule is CCNCc1cc(Br)ccc1N(C)C1CCOC1. The molecule has 1 aromatic carbocycles. The predicted octanol–water partition coefficient (Wildman–Crippen LogP) is 2.78. The van der Waals surface area contributed by atoms with Crippen LogP contribution < -0.4 is 10.2 Å². The normalized spacial score (nSPS) is 19.2. The van der Waals surface area contributed by atoms with Gasteiger partial charge in [0.2, 0.25) is 0 Å². The Bertz CT molecular complexity index is 391. The van der Waals surface area contributed by atoms with Crippen LogP contribution in [0.1, 0.15) is 18.9 Å². The first kappa shape index (κ1) is 13.8. The predicted molar refractivity (Wildman–Crippen MR) is 79.1 cm³/mol. The van der Waals surface area contributed by atoms with Gasteiger partial charge in [-0.1, -0.05) is 22.9 Å². The van der Waals surface area contributed by atoms with Crippen molar-refractivity contribution in [3.63, 3.8) is 0 Å². The van der Waals surface area contributed by atoms with Crippen molar-refractivity contribution in [1.82, 2.24) is 5.32 Å². The van der Waals surface area contributed by atoms with Crippen LogP contribution in [0.4, 0.5) is 5.69 Å². The highest BCUT2D eigenvalue weighted by Gasteiger charge is 2.22. The summed E-state index contributed by atoms with van der Waals surface area (Å²) in [5.74, 6) is 0. The summed E-state index contributed by atoms with van der Waals surface area (Å²) in [6.07, 6.45) is 1.12. The van der Waals surface area contributed by atoms with E-state index in [2.05, 4.69) is 58.3 Å². The quantitative estimate of drug-likeness (QED) is 0.905. The molecule has 0 bridgehead atoms. The second-order valence-corrected chi connectivity index (χ2v) is 5.60. The van der Waals surface area contributed by atoms with Crippen LogP contribution in [0.15, 0.2) is 22.7 Å². The minimum atomic E-state index is 0.506. The maximum atomic E-state index is 5.48. The zero-order chi connectivity index (χ0) is 13.0. The summed E-state index contributed by atoms with van der Waals surface area (Å²) in [5.41, 5.74) is 2.63. The molecule has 1 unspecified atom stereocenters. The number of halogens is 1. The van der Waals surface area contributed by atoms with E-state index in [0.717, 1.165) is 37.2 Å². The summed E-state index contributed by atoms with van der Waals surface area (Å²) in [6.45, 7) is 5.75. The van der Waals surface area contributed by atoms with Gasteiger partial charge in [0.15, 0.2) is 0 Å². The molecule has 0 radical (unpaired) electrons. The Balaban J connectivity index is 2.18. The van der Waals surface area contributed by atoms with Crippen LogP contribution in [0, 0.1) is 0 Å². The van der Waals surface area contributed by atoms with Gasteiger partial charge in [-0.15, -0.1) is 0 Å². The molecule has 0 spiro atoms. The molecule has 1 heterocycles. The highest BCUT2D eigenvalue weighted by molar-refractivity contribution is 9.10. The number of hydrogen-bond acceptors (Lipinski definition) is 3. The molecule has 1 N–H and O–H groups in total. The zero-order valence-electron chi connectivity index (χ0n) is 11.1. The number of anilines is 1. The number of hydrogen-bond donors (Lipinski definition) is 1. The number of rotatable bonds is 5. The summed E-state index contributed by atoms with van der Waals surface area (Å²) in [6, 6.07) is 7.00. The minimum absolute atomic E-state index is 0.506. The van der Waals surface area contributed by atoms with Crippen molar-refractivity contribution in [1.29, 1.82) is 0 Å². The highest BCUT2D eigenvalue weighted by Crippen LogP contribution is 2.27. The average Bonchev–Trinajstić information content (AvgIpc) is 2.89. The standard InChI is InChI=1S/C14H21BrN2O/c1-3-16-9-11-8-12(15)4-5-14(11)17(2)13-6-7-18-10-13/h4-5,8,13,16H,3,6-7,9-10H2,1-2H3. The lowest BCUT2D eigenvalue weighted by Gasteiger charge is -2.28. The van der Waals surface area contributed by atoms with E-state index in [9.17, 15) is 0 Å². The van der Waals surface area contributed by atoms with Crippen molar-refractivity contribution < 1.29 is 4.74 Å². The molecule has 0 amide bonds. The van der Waals surface area contributed by atoms with E-state index in [1.165, 1.54) is 11.3 Å². The molecule has 3 nitrogen and oxygen atoms in total. The number of nitrogens with one attached hydrogen (secondary N) is 1.